The third kappa shape index (κ3) is 4.45. The van der Waals surface area contributed by atoms with Gasteiger partial charge in [-0.1, -0.05) is 30.2 Å². The van der Waals surface area contributed by atoms with E-state index in [1.165, 1.54) is 0 Å². The van der Waals surface area contributed by atoms with Gasteiger partial charge in [-0.25, -0.2) is 0 Å². The highest BCUT2D eigenvalue weighted by atomic mass is 16.4. The zero-order valence-electron chi connectivity index (χ0n) is 10.5. The fourth-order valence-electron chi connectivity index (χ4n) is 1.71. The summed E-state index contributed by atoms with van der Waals surface area (Å²) in [6.45, 7) is -0.0821. The molecule has 0 bridgehead atoms. The number of carbonyl (C=O) groups excluding carboxylic acids is 1. The van der Waals surface area contributed by atoms with Crippen LogP contribution in [0.2, 0.25) is 0 Å². The van der Waals surface area contributed by atoms with Gasteiger partial charge in [0.2, 0.25) is 5.91 Å². The Labute approximate surface area is 112 Å². The molecule has 19 heavy (non-hydrogen) atoms. The minimum Gasteiger partial charge on any atom is -0.480 e. The predicted molar refractivity (Wildman–Crippen MR) is 71.1 cm³/mol. The number of carboxylic acid groups (broad SMARTS) is 1. The Morgan fingerprint density at radius 2 is 1.95 bits per heavy atom. The Morgan fingerprint density at radius 3 is 2.47 bits per heavy atom. The molecule has 0 aliphatic heterocycles. The summed E-state index contributed by atoms with van der Waals surface area (Å²) in [5, 5.41) is 8.74. The van der Waals surface area contributed by atoms with E-state index >= 15 is 0 Å². The van der Waals surface area contributed by atoms with Gasteiger partial charge in [0.1, 0.15) is 6.54 Å². The smallest absolute Gasteiger partial charge is 0.323 e. The number of rotatable bonds is 6. The molecule has 1 aromatic carbocycles. The molecule has 5 nitrogen and oxygen atoms in total. The molecule has 1 aromatic rings. The van der Waals surface area contributed by atoms with E-state index in [9.17, 15) is 9.59 Å². The molecule has 0 saturated carbocycles. The van der Waals surface area contributed by atoms with Gasteiger partial charge in [0.25, 0.3) is 0 Å². The summed E-state index contributed by atoms with van der Waals surface area (Å²) in [7, 11) is 0. The van der Waals surface area contributed by atoms with E-state index in [-0.39, 0.29) is 18.9 Å². The van der Waals surface area contributed by atoms with E-state index in [2.05, 4.69) is 5.92 Å². The van der Waals surface area contributed by atoms with Crippen molar-refractivity contribution in [3.8, 4) is 12.3 Å². The molecule has 0 spiro atoms. The third-order valence-electron chi connectivity index (χ3n) is 2.64. The first-order chi connectivity index (χ1) is 9.08. The first-order valence-corrected chi connectivity index (χ1v) is 5.78. The van der Waals surface area contributed by atoms with Crippen LogP contribution < -0.4 is 5.73 Å². The van der Waals surface area contributed by atoms with Crippen LogP contribution >= 0.6 is 0 Å². The van der Waals surface area contributed by atoms with Crippen LogP contribution in [0, 0.1) is 12.3 Å². The fraction of sp³-hybridized carbons (Fsp3) is 0.286. The molecule has 1 amide bonds. The molecule has 0 aromatic heterocycles. The second-order valence-corrected chi connectivity index (χ2v) is 4.00. The summed E-state index contributed by atoms with van der Waals surface area (Å²) in [4.78, 5) is 23.8. The van der Waals surface area contributed by atoms with Crippen molar-refractivity contribution >= 4 is 11.9 Å². The summed E-state index contributed by atoms with van der Waals surface area (Å²) in [6.07, 6.45) is 5.24. The molecule has 0 radical (unpaired) electrons. The number of hydrogen-bond donors (Lipinski definition) is 2. The molecule has 0 saturated heterocycles. The number of aliphatic carboxylic acids is 1. The number of carbonyl (C=O) groups is 2. The number of nitrogens with two attached hydrogens (primary N) is 1. The average Bonchev–Trinajstić information content (AvgIpc) is 2.38. The number of carboxylic acids is 1. The van der Waals surface area contributed by atoms with Crippen molar-refractivity contribution < 1.29 is 14.7 Å². The van der Waals surface area contributed by atoms with Gasteiger partial charge in [-0.2, -0.15) is 0 Å². The van der Waals surface area contributed by atoms with E-state index in [1.54, 1.807) is 6.07 Å². The van der Waals surface area contributed by atoms with Crippen LogP contribution in [0.25, 0.3) is 0 Å². The second kappa shape index (κ2) is 7.19. The summed E-state index contributed by atoms with van der Waals surface area (Å²) >= 11 is 0. The van der Waals surface area contributed by atoms with Crippen LogP contribution in [0.4, 0.5) is 0 Å². The molecule has 0 aliphatic rings. The number of hydrogen-bond acceptors (Lipinski definition) is 3. The maximum Gasteiger partial charge on any atom is 0.323 e. The fourth-order valence-corrected chi connectivity index (χ4v) is 1.71. The highest BCUT2D eigenvalue weighted by Crippen LogP contribution is 2.10. The number of amides is 1. The Bertz CT molecular complexity index is 506. The Hall–Kier alpha value is -2.32. The maximum absolute atomic E-state index is 12.0. The first-order valence-electron chi connectivity index (χ1n) is 5.78. The predicted octanol–water partition coefficient (Wildman–Crippen LogP) is 0.234. The lowest BCUT2D eigenvalue weighted by Gasteiger charge is -2.18. The lowest BCUT2D eigenvalue weighted by molar-refractivity contribution is -0.143. The zero-order valence-corrected chi connectivity index (χ0v) is 10.5. The minimum atomic E-state index is -1.09. The van der Waals surface area contributed by atoms with E-state index in [4.69, 9.17) is 17.3 Å². The molecule has 5 heteroatoms. The number of benzene rings is 1. The Morgan fingerprint density at radius 1 is 1.32 bits per heavy atom. The summed E-state index contributed by atoms with van der Waals surface area (Å²) in [6, 6.07) is 7.29. The molecule has 100 valence electrons. The molecular weight excluding hydrogens is 244 g/mol. The van der Waals surface area contributed by atoms with Crippen LogP contribution in [0.3, 0.4) is 0 Å². The van der Waals surface area contributed by atoms with Crippen molar-refractivity contribution in [2.24, 2.45) is 5.73 Å². The van der Waals surface area contributed by atoms with Gasteiger partial charge >= 0.3 is 5.97 Å². The summed E-state index contributed by atoms with van der Waals surface area (Å²) in [5.41, 5.74) is 7.25. The topological polar surface area (TPSA) is 83.6 Å². The Balaban J connectivity index is 2.81. The van der Waals surface area contributed by atoms with Crippen molar-refractivity contribution in [3.05, 3.63) is 35.4 Å². The average molecular weight is 260 g/mol. The van der Waals surface area contributed by atoms with Crippen molar-refractivity contribution in [1.82, 2.24) is 4.90 Å². The summed E-state index contributed by atoms with van der Waals surface area (Å²) < 4.78 is 0. The largest absolute Gasteiger partial charge is 0.480 e. The lowest BCUT2D eigenvalue weighted by Crippen LogP contribution is -2.37. The third-order valence-corrected chi connectivity index (χ3v) is 2.64. The molecule has 3 N–H and O–H groups in total. The molecule has 0 fully saturated rings. The molecule has 1 rings (SSSR count). The lowest BCUT2D eigenvalue weighted by atomic mass is 10.0. The summed E-state index contributed by atoms with van der Waals surface area (Å²) in [5.74, 6) is 0.880. The van der Waals surface area contributed by atoms with E-state index in [0.717, 1.165) is 16.0 Å². The van der Waals surface area contributed by atoms with Gasteiger partial charge in [0, 0.05) is 6.54 Å². The van der Waals surface area contributed by atoms with Gasteiger partial charge in [-0.15, -0.1) is 6.42 Å². The van der Waals surface area contributed by atoms with E-state index in [1.807, 2.05) is 18.2 Å². The van der Waals surface area contributed by atoms with Crippen molar-refractivity contribution in [1.29, 1.82) is 0 Å². The van der Waals surface area contributed by atoms with Crippen molar-refractivity contribution in [2.75, 3.05) is 13.1 Å². The van der Waals surface area contributed by atoms with Crippen LogP contribution in [0.15, 0.2) is 24.3 Å². The maximum atomic E-state index is 12.0. The molecular formula is C14H16N2O3. The quantitative estimate of drug-likeness (QED) is 0.717. The Kier molecular flexibility index (Phi) is 5.58. The number of terminal acetylenes is 1. The highest BCUT2D eigenvalue weighted by Gasteiger charge is 2.17. The van der Waals surface area contributed by atoms with Gasteiger partial charge in [0.05, 0.1) is 13.0 Å². The molecule has 0 aliphatic carbocycles. The van der Waals surface area contributed by atoms with Crippen LogP contribution in [0.1, 0.15) is 11.1 Å². The van der Waals surface area contributed by atoms with Gasteiger partial charge in [-0.05, 0) is 11.1 Å². The van der Waals surface area contributed by atoms with Gasteiger partial charge in [0.15, 0.2) is 0 Å². The first kappa shape index (κ1) is 14.7. The van der Waals surface area contributed by atoms with Crippen molar-refractivity contribution in [3.63, 3.8) is 0 Å². The van der Waals surface area contributed by atoms with Gasteiger partial charge < -0.3 is 15.7 Å². The molecule has 0 unspecified atom stereocenters. The molecule has 0 heterocycles. The van der Waals surface area contributed by atoms with Crippen LogP contribution in [0.5, 0.6) is 0 Å². The van der Waals surface area contributed by atoms with Gasteiger partial charge in [-0.3, -0.25) is 9.59 Å². The van der Waals surface area contributed by atoms with Crippen LogP contribution in [-0.2, 0) is 22.6 Å². The van der Waals surface area contributed by atoms with Crippen LogP contribution in [-0.4, -0.2) is 35.0 Å². The van der Waals surface area contributed by atoms with Crippen molar-refractivity contribution in [2.45, 2.75) is 13.0 Å². The van der Waals surface area contributed by atoms with E-state index < -0.39 is 12.5 Å². The minimum absolute atomic E-state index is 0.0179. The normalized spacial score (nSPS) is 9.68. The highest BCUT2D eigenvalue weighted by molar-refractivity contribution is 5.83. The monoisotopic (exact) mass is 260 g/mol. The standard InChI is InChI=1S/C14H16N2O3/c1-2-7-16(10-14(18)19)13(17)8-11-5-3-4-6-12(11)9-15/h1,3-6H,7-10,15H2,(H,18,19). The number of nitrogens with zero attached hydrogens (tertiary/aromatic N) is 1. The zero-order chi connectivity index (χ0) is 14.3. The SMILES string of the molecule is C#CCN(CC(=O)O)C(=O)Cc1ccccc1CN. The van der Waals surface area contributed by atoms with E-state index in [0.29, 0.717) is 6.54 Å². The molecule has 0 atom stereocenters. The second-order valence-electron chi connectivity index (χ2n) is 4.00.